The first kappa shape index (κ1) is 13.9. The van der Waals surface area contributed by atoms with E-state index in [-0.39, 0.29) is 6.10 Å². The Morgan fingerprint density at radius 1 is 1.53 bits per heavy atom. The number of ether oxygens (including phenoxy) is 2. The smallest absolute Gasteiger partial charge is 0.124 e. The van der Waals surface area contributed by atoms with Gasteiger partial charge in [-0.15, -0.1) is 0 Å². The topological polar surface area (TPSA) is 30.5 Å². The second-order valence-corrected chi connectivity index (χ2v) is 5.19. The summed E-state index contributed by atoms with van der Waals surface area (Å²) in [5, 5.41) is 3.37. The lowest BCUT2D eigenvalue weighted by molar-refractivity contribution is 0.254. The minimum absolute atomic E-state index is 0.267. The van der Waals surface area contributed by atoms with Crippen molar-refractivity contribution in [1.29, 1.82) is 0 Å². The third-order valence-corrected chi connectivity index (χ3v) is 3.12. The van der Waals surface area contributed by atoms with Gasteiger partial charge < -0.3 is 14.8 Å². The predicted molar refractivity (Wildman–Crippen MR) is 77.9 cm³/mol. The molecular formula is C16H23NO2. The Labute approximate surface area is 115 Å². The zero-order valence-corrected chi connectivity index (χ0v) is 12.1. The van der Waals surface area contributed by atoms with Crippen molar-refractivity contribution in [2.45, 2.75) is 39.8 Å². The molecule has 3 heteroatoms. The van der Waals surface area contributed by atoms with Crippen molar-refractivity contribution in [3.05, 3.63) is 35.4 Å². The standard InChI is InChI=1S/C16H23NO2/c1-5-18-15-7-13-6-12(4)19-16(13)8-14(15)10-17-9-11(2)3/h7-8,12,17H,2,5-6,9-10H2,1,3-4H3. The molecule has 0 bridgehead atoms. The van der Waals surface area contributed by atoms with Crippen molar-refractivity contribution >= 4 is 0 Å². The summed E-state index contributed by atoms with van der Waals surface area (Å²) in [5.41, 5.74) is 3.53. The van der Waals surface area contributed by atoms with E-state index in [1.165, 1.54) is 5.56 Å². The van der Waals surface area contributed by atoms with E-state index in [0.29, 0.717) is 6.61 Å². The summed E-state index contributed by atoms with van der Waals surface area (Å²) in [6.07, 6.45) is 1.23. The van der Waals surface area contributed by atoms with Crippen LogP contribution in [0.2, 0.25) is 0 Å². The molecule has 0 aliphatic carbocycles. The van der Waals surface area contributed by atoms with Crippen molar-refractivity contribution < 1.29 is 9.47 Å². The molecule has 1 aliphatic rings. The van der Waals surface area contributed by atoms with Crippen LogP contribution >= 0.6 is 0 Å². The van der Waals surface area contributed by atoms with Crippen LogP contribution in [0.5, 0.6) is 11.5 Å². The molecule has 0 fully saturated rings. The van der Waals surface area contributed by atoms with Gasteiger partial charge in [-0.1, -0.05) is 12.2 Å². The molecule has 3 nitrogen and oxygen atoms in total. The number of hydrogen-bond acceptors (Lipinski definition) is 3. The van der Waals surface area contributed by atoms with E-state index < -0.39 is 0 Å². The van der Waals surface area contributed by atoms with Crippen LogP contribution < -0.4 is 14.8 Å². The van der Waals surface area contributed by atoms with Crippen LogP contribution in [0.25, 0.3) is 0 Å². The maximum Gasteiger partial charge on any atom is 0.124 e. The highest BCUT2D eigenvalue weighted by Crippen LogP contribution is 2.35. The molecule has 104 valence electrons. The predicted octanol–water partition coefficient (Wildman–Crippen LogP) is 3.07. The maximum atomic E-state index is 5.81. The van der Waals surface area contributed by atoms with Gasteiger partial charge in [-0.3, -0.25) is 0 Å². The van der Waals surface area contributed by atoms with Crippen LogP contribution in [0.3, 0.4) is 0 Å². The Morgan fingerprint density at radius 3 is 3.00 bits per heavy atom. The Hall–Kier alpha value is -1.48. The summed E-state index contributed by atoms with van der Waals surface area (Å²) in [6.45, 7) is 12.3. The van der Waals surface area contributed by atoms with Crippen LogP contribution in [0, 0.1) is 0 Å². The summed E-state index contributed by atoms with van der Waals surface area (Å²) < 4.78 is 11.5. The summed E-state index contributed by atoms with van der Waals surface area (Å²) in [4.78, 5) is 0. The number of rotatable bonds is 6. The average Bonchev–Trinajstić information content (AvgIpc) is 2.68. The van der Waals surface area contributed by atoms with E-state index in [2.05, 4.69) is 31.0 Å². The summed E-state index contributed by atoms with van der Waals surface area (Å²) >= 11 is 0. The molecule has 1 N–H and O–H groups in total. The SMILES string of the molecule is C=C(C)CNCc1cc2c(cc1OCC)CC(C)O2. The minimum atomic E-state index is 0.267. The molecule has 0 aromatic heterocycles. The van der Waals surface area contributed by atoms with E-state index in [0.717, 1.165) is 42.1 Å². The van der Waals surface area contributed by atoms with E-state index in [4.69, 9.17) is 9.47 Å². The van der Waals surface area contributed by atoms with Gasteiger partial charge in [0, 0.05) is 30.6 Å². The molecule has 1 unspecified atom stereocenters. The fraction of sp³-hybridized carbons (Fsp3) is 0.500. The number of hydrogen-bond donors (Lipinski definition) is 1. The lowest BCUT2D eigenvalue weighted by atomic mass is 10.1. The highest BCUT2D eigenvalue weighted by molar-refractivity contribution is 5.48. The zero-order valence-electron chi connectivity index (χ0n) is 12.1. The van der Waals surface area contributed by atoms with Crippen LogP contribution in [-0.2, 0) is 13.0 Å². The maximum absolute atomic E-state index is 5.81. The zero-order chi connectivity index (χ0) is 13.8. The van der Waals surface area contributed by atoms with Gasteiger partial charge in [-0.25, -0.2) is 0 Å². The van der Waals surface area contributed by atoms with Gasteiger partial charge in [0.25, 0.3) is 0 Å². The molecular weight excluding hydrogens is 238 g/mol. The van der Waals surface area contributed by atoms with Crippen molar-refractivity contribution in [3.8, 4) is 11.5 Å². The highest BCUT2D eigenvalue weighted by Gasteiger charge is 2.21. The van der Waals surface area contributed by atoms with E-state index in [1.54, 1.807) is 0 Å². The third kappa shape index (κ3) is 3.51. The van der Waals surface area contributed by atoms with Crippen molar-refractivity contribution in [3.63, 3.8) is 0 Å². The molecule has 1 heterocycles. The van der Waals surface area contributed by atoms with Gasteiger partial charge in [0.2, 0.25) is 0 Å². The molecule has 0 radical (unpaired) electrons. The lowest BCUT2D eigenvalue weighted by Gasteiger charge is -2.13. The molecule has 19 heavy (non-hydrogen) atoms. The second kappa shape index (κ2) is 6.11. The largest absolute Gasteiger partial charge is 0.494 e. The fourth-order valence-electron chi connectivity index (χ4n) is 2.32. The molecule has 2 rings (SSSR count). The molecule has 0 saturated carbocycles. The normalized spacial score (nSPS) is 16.9. The Balaban J connectivity index is 2.15. The van der Waals surface area contributed by atoms with Crippen LogP contribution in [0.4, 0.5) is 0 Å². The highest BCUT2D eigenvalue weighted by atomic mass is 16.5. The minimum Gasteiger partial charge on any atom is -0.494 e. The Bertz CT molecular complexity index is 468. The van der Waals surface area contributed by atoms with Crippen LogP contribution in [0.1, 0.15) is 31.9 Å². The van der Waals surface area contributed by atoms with Crippen molar-refractivity contribution in [2.24, 2.45) is 0 Å². The average molecular weight is 261 g/mol. The molecule has 1 aliphatic heterocycles. The first-order chi connectivity index (χ1) is 9.10. The lowest BCUT2D eigenvalue weighted by Crippen LogP contribution is -2.16. The van der Waals surface area contributed by atoms with Gasteiger partial charge >= 0.3 is 0 Å². The van der Waals surface area contributed by atoms with E-state index in [9.17, 15) is 0 Å². The van der Waals surface area contributed by atoms with Gasteiger partial charge in [0.05, 0.1) is 6.61 Å². The van der Waals surface area contributed by atoms with E-state index >= 15 is 0 Å². The van der Waals surface area contributed by atoms with Gasteiger partial charge in [-0.2, -0.15) is 0 Å². The quantitative estimate of drug-likeness (QED) is 0.798. The van der Waals surface area contributed by atoms with Crippen LogP contribution in [0.15, 0.2) is 24.3 Å². The first-order valence-corrected chi connectivity index (χ1v) is 6.90. The Kier molecular flexibility index (Phi) is 4.48. The Morgan fingerprint density at radius 2 is 2.32 bits per heavy atom. The molecule has 1 aromatic carbocycles. The number of nitrogens with one attached hydrogen (secondary N) is 1. The molecule has 0 spiro atoms. The van der Waals surface area contributed by atoms with Gasteiger partial charge in [0.1, 0.15) is 17.6 Å². The summed E-state index contributed by atoms with van der Waals surface area (Å²) in [6, 6.07) is 4.23. The van der Waals surface area contributed by atoms with Gasteiger partial charge in [0.15, 0.2) is 0 Å². The van der Waals surface area contributed by atoms with Crippen molar-refractivity contribution in [2.75, 3.05) is 13.2 Å². The summed E-state index contributed by atoms with van der Waals surface area (Å²) in [7, 11) is 0. The summed E-state index contributed by atoms with van der Waals surface area (Å²) in [5.74, 6) is 1.97. The molecule has 1 atom stereocenters. The molecule has 0 amide bonds. The second-order valence-electron chi connectivity index (χ2n) is 5.19. The first-order valence-electron chi connectivity index (χ1n) is 6.90. The van der Waals surface area contributed by atoms with Gasteiger partial charge in [-0.05, 0) is 32.9 Å². The van der Waals surface area contributed by atoms with E-state index in [1.807, 2.05) is 13.8 Å². The fourth-order valence-corrected chi connectivity index (χ4v) is 2.32. The molecule has 1 aromatic rings. The van der Waals surface area contributed by atoms with Crippen LogP contribution in [-0.4, -0.2) is 19.3 Å². The van der Waals surface area contributed by atoms with Crippen molar-refractivity contribution in [1.82, 2.24) is 5.32 Å². The third-order valence-electron chi connectivity index (χ3n) is 3.12. The number of benzene rings is 1. The molecule has 0 saturated heterocycles. The monoisotopic (exact) mass is 261 g/mol. The number of fused-ring (bicyclic) bond motifs is 1.